The van der Waals surface area contributed by atoms with E-state index in [0.29, 0.717) is 37.5 Å². The van der Waals surface area contributed by atoms with Gasteiger partial charge in [0.1, 0.15) is 23.8 Å². The lowest BCUT2D eigenvalue weighted by molar-refractivity contribution is -0.132. The smallest absolute Gasteiger partial charge is 0.223 e. The zero-order valence-electron chi connectivity index (χ0n) is 18.7. The summed E-state index contributed by atoms with van der Waals surface area (Å²) in [6.45, 7) is 1.36. The highest BCUT2D eigenvalue weighted by Gasteiger charge is 2.32. The number of rotatable bonds is 8. The van der Waals surface area contributed by atoms with Gasteiger partial charge in [-0.1, -0.05) is 24.3 Å². The van der Waals surface area contributed by atoms with Crippen LogP contribution < -0.4 is 5.32 Å². The Bertz CT molecular complexity index is 1270. The van der Waals surface area contributed by atoms with Gasteiger partial charge in [-0.05, 0) is 49.1 Å². The summed E-state index contributed by atoms with van der Waals surface area (Å²) in [5.41, 5.74) is 1.84. The van der Waals surface area contributed by atoms with Crippen LogP contribution in [-0.4, -0.2) is 49.0 Å². The van der Waals surface area contributed by atoms with Crippen LogP contribution in [0.4, 0.5) is 10.2 Å². The quantitative estimate of drug-likeness (QED) is 0.386. The lowest BCUT2D eigenvalue weighted by Gasteiger charge is -2.22. The summed E-state index contributed by atoms with van der Waals surface area (Å²) < 4.78 is 13.1. The molecule has 3 heterocycles. The van der Waals surface area contributed by atoms with Crippen LogP contribution in [0.3, 0.4) is 0 Å². The number of aromatic amines is 1. The van der Waals surface area contributed by atoms with Crippen molar-refractivity contribution < 1.29 is 9.18 Å². The Morgan fingerprint density at radius 2 is 2.00 bits per heavy atom. The molecule has 4 aromatic rings. The molecule has 1 unspecified atom stereocenters. The molecule has 8 nitrogen and oxygen atoms in total. The molecule has 1 atom stereocenters. The van der Waals surface area contributed by atoms with Crippen molar-refractivity contribution in [3.8, 4) is 0 Å². The average molecular weight is 460 g/mol. The predicted molar refractivity (Wildman–Crippen MR) is 127 cm³/mol. The van der Waals surface area contributed by atoms with E-state index < -0.39 is 0 Å². The summed E-state index contributed by atoms with van der Waals surface area (Å²) in [6, 6.07) is 14.1. The van der Waals surface area contributed by atoms with Crippen LogP contribution in [0.15, 0.2) is 54.9 Å². The van der Waals surface area contributed by atoms with E-state index in [1.807, 2.05) is 29.2 Å². The van der Waals surface area contributed by atoms with Crippen molar-refractivity contribution in [3.05, 3.63) is 77.9 Å². The maximum atomic E-state index is 13.1. The molecule has 2 aromatic heterocycles. The Balaban J connectivity index is 1.15. The van der Waals surface area contributed by atoms with Crippen molar-refractivity contribution in [3.63, 3.8) is 0 Å². The van der Waals surface area contributed by atoms with E-state index >= 15 is 0 Å². The fraction of sp³-hybridized carbons (Fsp3) is 0.320. The van der Waals surface area contributed by atoms with E-state index in [4.69, 9.17) is 0 Å². The number of fused-ring (bicyclic) bond motifs is 1. The molecule has 9 heteroatoms. The van der Waals surface area contributed by atoms with Crippen molar-refractivity contribution in [2.45, 2.75) is 38.1 Å². The van der Waals surface area contributed by atoms with E-state index in [0.717, 1.165) is 41.7 Å². The second-order valence-corrected chi connectivity index (χ2v) is 8.46. The predicted octanol–water partition coefficient (Wildman–Crippen LogP) is 4.03. The van der Waals surface area contributed by atoms with Crippen molar-refractivity contribution in [1.29, 1.82) is 0 Å². The number of H-pyrrole nitrogens is 1. The molecule has 1 fully saturated rings. The van der Waals surface area contributed by atoms with Crippen molar-refractivity contribution in [2.24, 2.45) is 0 Å². The number of anilines is 1. The van der Waals surface area contributed by atoms with Crippen molar-refractivity contribution >= 4 is 22.6 Å². The van der Waals surface area contributed by atoms with Crippen LogP contribution in [0.1, 0.15) is 48.9 Å². The summed E-state index contributed by atoms with van der Waals surface area (Å²) in [5, 5.41) is 11.7. The molecular weight excluding hydrogens is 433 g/mol. The third-order valence-corrected chi connectivity index (χ3v) is 6.11. The number of hydrogen-bond acceptors (Lipinski definition) is 6. The molecule has 2 aromatic carbocycles. The van der Waals surface area contributed by atoms with Gasteiger partial charge in [0, 0.05) is 31.3 Å². The lowest BCUT2D eigenvalue weighted by atomic mass is 10.1. The lowest BCUT2D eigenvalue weighted by Crippen LogP contribution is -2.31. The van der Waals surface area contributed by atoms with Gasteiger partial charge >= 0.3 is 0 Å². The number of nitrogens with zero attached hydrogens (tertiary/aromatic N) is 5. The molecule has 1 saturated heterocycles. The molecule has 174 valence electrons. The Hall–Kier alpha value is -3.88. The van der Waals surface area contributed by atoms with E-state index in [1.165, 1.54) is 12.1 Å². The van der Waals surface area contributed by atoms with Crippen LogP contribution in [0, 0.1) is 5.82 Å². The Morgan fingerprint density at radius 3 is 2.88 bits per heavy atom. The minimum Gasteiger partial charge on any atom is -0.369 e. The Kier molecular flexibility index (Phi) is 6.42. The molecule has 5 rings (SSSR count). The van der Waals surface area contributed by atoms with Gasteiger partial charge in [0.05, 0.1) is 11.6 Å². The summed E-state index contributed by atoms with van der Waals surface area (Å²) in [4.78, 5) is 28.1. The molecule has 0 bridgehead atoms. The number of carbonyl (C=O) groups excluding carboxylic acids is 1. The first-order valence-electron chi connectivity index (χ1n) is 11.6. The van der Waals surface area contributed by atoms with E-state index in [2.05, 4.69) is 30.5 Å². The van der Waals surface area contributed by atoms with Gasteiger partial charge in [0.25, 0.3) is 0 Å². The number of aromatic nitrogens is 5. The van der Waals surface area contributed by atoms with E-state index in [9.17, 15) is 9.18 Å². The third kappa shape index (κ3) is 4.88. The molecule has 0 saturated carbocycles. The molecule has 1 aliphatic rings. The van der Waals surface area contributed by atoms with Crippen LogP contribution in [-0.2, 0) is 11.2 Å². The largest absolute Gasteiger partial charge is 0.369 e. The number of para-hydroxylation sites is 1. The van der Waals surface area contributed by atoms with Gasteiger partial charge in [-0.15, -0.1) is 0 Å². The number of nitrogens with one attached hydrogen (secondary N) is 2. The number of hydrogen-bond donors (Lipinski definition) is 2. The number of amides is 1. The second-order valence-electron chi connectivity index (χ2n) is 8.46. The minimum atomic E-state index is -0.261. The summed E-state index contributed by atoms with van der Waals surface area (Å²) >= 11 is 0. The third-order valence-electron chi connectivity index (χ3n) is 6.11. The summed E-state index contributed by atoms with van der Waals surface area (Å²) in [7, 11) is 0. The summed E-state index contributed by atoms with van der Waals surface area (Å²) in [5.74, 6) is 1.99. The standard InChI is InChI=1S/C25H26FN7O/c26-18-11-9-17(10-12-18)15-22-30-25(32-31-22)21-7-4-14-33(21)23(34)8-3-13-27-24-19-5-1-2-6-20(19)28-16-29-24/h1-2,5-6,9-12,16,21H,3-4,7-8,13-15H2,(H,27,28,29)(H,30,31,32). The first-order valence-corrected chi connectivity index (χ1v) is 11.6. The van der Waals surface area contributed by atoms with Gasteiger partial charge in [-0.25, -0.2) is 19.3 Å². The Morgan fingerprint density at radius 1 is 1.15 bits per heavy atom. The topological polar surface area (TPSA) is 99.7 Å². The first-order chi connectivity index (χ1) is 16.7. The number of halogens is 1. The number of likely N-dealkylation sites (tertiary alicyclic amines) is 1. The highest BCUT2D eigenvalue weighted by atomic mass is 19.1. The van der Waals surface area contributed by atoms with E-state index in [-0.39, 0.29) is 17.8 Å². The van der Waals surface area contributed by atoms with Gasteiger partial charge in [-0.2, -0.15) is 5.10 Å². The first kappa shape index (κ1) is 21.9. The molecule has 2 N–H and O–H groups in total. The van der Waals surface area contributed by atoms with E-state index in [1.54, 1.807) is 18.5 Å². The van der Waals surface area contributed by atoms with Gasteiger partial charge in [0.2, 0.25) is 5.91 Å². The van der Waals surface area contributed by atoms with Crippen LogP contribution in [0.25, 0.3) is 10.9 Å². The Labute approximate surface area is 196 Å². The van der Waals surface area contributed by atoms with Crippen molar-refractivity contribution in [2.75, 3.05) is 18.4 Å². The average Bonchev–Trinajstić information content (AvgIpc) is 3.53. The van der Waals surface area contributed by atoms with Gasteiger partial charge in [0.15, 0.2) is 5.82 Å². The maximum absolute atomic E-state index is 13.1. The zero-order chi connectivity index (χ0) is 23.3. The molecule has 0 radical (unpaired) electrons. The maximum Gasteiger partial charge on any atom is 0.223 e. The number of carbonyl (C=O) groups is 1. The fourth-order valence-corrected chi connectivity index (χ4v) is 4.40. The molecular formula is C25H26FN7O. The molecule has 0 spiro atoms. The minimum absolute atomic E-state index is 0.107. The second kappa shape index (κ2) is 9.94. The fourth-order valence-electron chi connectivity index (χ4n) is 4.40. The van der Waals surface area contributed by atoms with Gasteiger partial charge < -0.3 is 10.2 Å². The SMILES string of the molecule is O=C(CCCNc1ncnc2ccccc12)N1CCCC1c1n[nH]c(Cc2ccc(F)cc2)n1. The van der Waals surface area contributed by atoms with Crippen LogP contribution in [0.5, 0.6) is 0 Å². The summed E-state index contributed by atoms with van der Waals surface area (Å²) in [6.07, 6.45) is 5.01. The normalized spacial score (nSPS) is 15.7. The molecule has 34 heavy (non-hydrogen) atoms. The monoisotopic (exact) mass is 459 g/mol. The van der Waals surface area contributed by atoms with Gasteiger partial charge in [-0.3, -0.25) is 9.89 Å². The number of benzene rings is 2. The van der Waals surface area contributed by atoms with Crippen molar-refractivity contribution in [1.82, 2.24) is 30.0 Å². The molecule has 1 aliphatic heterocycles. The van der Waals surface area contributed by atoms with Crippen LogP contribution in [0.2, 0.25) is 0 Å². The molecule has 0 aliphatic carbocycles. The highest BCUT2D eigenvalue weighted by molar-refractivity contribution is 5.88. The zero-order valence-corrected chi connectivity index (χ0v) is 18.7. The van der Waals surface area contributed by atoms with Crippen LogP contribution >= 0.6 is 0 Å². The highest BCUT2D eigenvalue weighted by Crippen LogP contribution is 2.30. The molecule has 1 amide bonds.